The van der Waals surface area contributed by atoms with E-state index in [1.54, 1.807) is 60.9 Å². The largest absolute Gasteiger partial charge is 0.491 e. The molecule has 0 saturated carbocycles. The number of nitrogens with zero attached hydrogens (tertiary/aromatic N) is 1. The molecule has 1 aliphatic rings. The fourth-order valence-corrected chi connectivity index (χ4v) is 4.50. The summed E-state index contributed by atoms with van der Waals surface area (Å²) < 4.78 is 11.1. The number of hydrogen-bond acceptors (Lipinski definition) is 5. The third-order valence-electron chi connectivity index (χ3n) is 4.59. The number of carbonyl (C=O) groups is 2. The fourth-order valence-electron chi connectivity index (χ4n) is 3.26. The zero-order valence-electron chi connectivity index (χ0n) is 17.0. The highest BCUT2D eigenvalue weighted by atomic mass is 35.5. The predicted molar refractivity (Wildman–Crippen MR) is 123 cm³/mol. The van der Waals surface area contributed by atoms with Crippen molar-refractivity contribution >= 4 is 46.4 Å². The van der Waals surface area contributed by atoms with Gasteiger partial charge in [0.15, 0.2) is 0 Å². The standard InChI is InChI=1S/C24H20ClNO4S/c1-15(2)30-17-11-9-16(10-12-17)21-22(31-14-18-6-5-13-29-18)24(28)26(23(21)27)20-8-4-3-7-19(20)25/h3-13,15H,14H2,1-2H3. The molecular weight excluding hydrogens is 434 g/mol. The summed E-state index contributed by atoms with van der Waals surface area (Å²) >= 11 is 7.58. The fraction of sp³-hybridized carbons (Fsp3) is 0.167. The smallest absolute Gasteiger partial charge is 0.272 e. The third-order valence-corrected chi connectivity index (χ3v) is 6.00. The number of imide groups is 1. The Balaban J connectivity index is 1.73. The molecule has 2 amide bonds. The molecule has 3 aromatic rings. The van der Waals surface area contributed by atoms with Gasteiger partial charge >= 0.3 is 0 Å². The van der Waals surface area contributed by atoms with Crippen molar-refractivity contribution in [1.82, 2.24) is 0 Å². The molecule has 0 radical (unpaired) electrons. The van der Waals surface area contributed by atoms with Gasteiger partial charge in [-0.1, -0.05) is 35.9 Å². The number of para-hydroxylation sites is 1. The van der Waals surface area contributed by atoms with Gasteiger partial charge in [-0.2, -0.15) is 0 Å². The highest BCUT2D eigenvalue weighted by Crippen LogP contribution is 2.41. The van der Waals surface area contributed by atoms with E-state index in [4.69, 9.17) is 20.8 Å². The second kappa shape index (κ2) is 9.04. The minimum atomic E-state index is -0.405. The topological polar surface area (TPSA) is 59.8 Å². The Labute approximate surface area is 189 Å². The van der Waals surface area contributed by atoms with E-state index >= 15 is 0 Å². The van der Waals surface area contributed by atoms with E-state index in [1.807, 2.05) is 19.9 Å². The van der Waals surface area contributed by atoms with Crippen LogP contribution in [0.2, 0.25) is 5.02 Å². The normalized spacial score (nSPS) is 14.1. The molecule has 0 fully saturated rings. The predicted octanol–water partition coefficient (Wildman–Crippen LogP) is 5.94. The van der Waals surface area contributed by atoms with E-state index in [2.05, 4.69) is 0 Å². The van der Waals surface area contributed by atoms with E-state index in [9.17, 15) is 9.59 Å². The van der Waals surface area contributed by atoms with Gasteiger partial charge in [-0.25, -0.2) is 4.90 Å². The van der Waals surface area contributed by atoms with E-state index < -0.39 is 11.8 Å². The summed E-state index contributed by atoms with van der Waals surface area (Å²) in [6, 6.07) is 17.6. The summed E-state index contributed by atoms with van der Waals surface area (Å²) in [5.41, 5.74) is 1.36. The van der Waals surface area contributed by atoms with Crippen molar-refractivity contribution < 1.29 is 18.7 Å². The number of hydrogen-bond donors (Lipinski definition) is 0. The molecule has 1 aliphatic heterocycles. The van der Waals surface area contributed by atoms with Crippen LogP contribution in [0.25, 0.3) is 5.57 Å². The van der Waals surface area contributed by atoms with Crippen LogP contribution in [0.5, 0.6) is 5.75 Å². The highest BCUT2D eigenvalue weighted by molar-refractivity contribution is 8.03. The van der Waals surface area contributed by atoms with Crippen LogP contribution in [0.4, 0.5) is 5.69 Å². The second-order valence-electron chi connectivity index (χ2n) is 7.16. The quantitative estimate of drug-likeness (QED) is 0.414. The van der Waals surface area contributed by atoms with Gasteiger partial charge in [0.05, 0.1) is 39.3 Å². The number of rotatable bonds is 7. The van der Waals surface area contributed by atoms with Crippen molar-refractivity contribution in [3.05, 3.63) is 88.2 Å². The SMILES string of the molecule is CC(C)Oc1ccc(C2=C(SCc3ccco3)C(=O)N(c3ccccc3Cl)C2=O)cc1. The summed E-state index contributed by atoms with van der Waals surface area (Å²) in [4.78, 5) is 28.3. The van der Waals surface area contributed by atoms with Crippen molar-refractivity contribution in [3.63, 3.8) is 0 Å². The Morgan fingerprint density at radius 3 is 2.39 bits per heavy atom. The van der Waals surface area contributed by atoms with Crippen LogP contribution in [0.3, 0.4) is 0 Å². The molecule has 158 valence electrons. The second-order valence-corrected chi connectivity index (χ2v) is 8.55. The molecule has 1 aromatic heterocycles. The van der Waals surface area contributed by atoms with Crippen LogP contribution >= 0.6 is 23.4 Å². The molecule has 0 unspecified atom stereocenters. The van der Waals surface area contributed by atoms with Gasteiger partial charge in [-0.3, -0.25) is 9.59 Å². The number of amides is 2. The molecule has 7 heteroatoms. The maximum Gasteiger partial charge on any atom is 0.272 e. The summed E-state index contributed by atoms with van der Waals surface area (Å²) in [7, 11) is 0. The molecule has 0 atom stereocenters. The van der Waals surface area contributed by atoms with Gasteiger partial charge in [0.2, 0.25) is 0 Å². The van der Waals surface area contributed by atoms with Gasteiger partial charge < -0.3 is 9.15 Å². The molecule has 0 aliphatic carbocycles. The van der Waals surface area contributed by atoms with Crippen molar-refractivity contribution in [2.45, 2.75) is 25.7 Å². The van der Waals surface area contributed by atoms with Crippen molar-refractivity contribution in [3.8, 4) is 5.75 Å². The minimum Gasteiger partial charge on any atom is -0.491 e. The number of benzene rings is 2. The lowest BCUT2D eigenvalue weighted by Crippen LogP contribution is -2.31. The molecule has 0 saturated heterocycles. The molecular formula is C24H20ClNO4S. The van der Waals surface area contributed by atoms with Gasteiger partial charge in [-0.05, 0) is 55.8 Å². The van der Waals surface area contributed by atoms with Gasteiger partial charge in [0, 0.05) is 0 Å². The average molecular weight is 454 g/mol. The van der Waals surface area contributed by atoms with E-state index in [0.717, 1.165) is 4.90 Å². The molecule has 31 heavy (non-hydrogen) atoms. The van der Waals surface area contributed by atoms with Crippen LogP contribution in [0.1, 0.15) is 25.2 Å². The molecule has 0 bridgehead atoms. The van der Waals surface area contributed by atoms with E-state index in [1.165, 1.54) is 11.8 Å². The summed E-state index contributed by atoms with van der Waals surface area (Å²) in [5.74, 6) is 1.04. The van der Waals surface area contributed by atoms with E-state index in [0.29, 0.717) is 44.0 Å². The lowest BCUT2D eigenvalue weighted by atomic mass is 10.1. The zero-order valence-corrected chi connectivity index (χ0v) is 18.6. The molecule has 5 nitrogen and oxygen atoms in total. The van der Waals surface area contributed by atoms with Crippen LogP contribution in [-0.4, -0.2) is 17.9 Å². The number of carbonyl (C=O) groups excluding carboxylic acids is 2. The Morgan fingerprint density at radius 2 is 1.74 bits per heavy atom. The van der Waals surface area contributed by atoms with Crippen molar-refractivity contribution in [2.75, 3.05) is 4.90 Å². The van der Waals surface area contributed by atoms with Crippen LogP contribution in [-0.2, 0) is 15.3 Å². The van der Waals surface area contributed by atoms with Crippen molar-refractivity contribution in [1.29, 1.82) is 0 Å². The third kappa shape index (κ3) is 4.40. The summed E-state index contributed by atoms with van der Waals surface area (Å²) in [6.07, 6.45) is 1.62. The first-order valence-corrected chi connectivity index (χ1v) is 11.1. The number of ether oxygens (including phenoxy) is 1. The average Bonchev–Trinajstić information content (AvgIpc) is 3.34. The van der Waals surface area contributed by atoms with Gasteiger partial charge in [0.25, 0.3) is 11.8 Å². The Kier molecular flexibility index (Phi) is 6.20. The highest BCUT2D eigenvalue weighted by Gasteiger charge is 2.41. The summed E-state index contributed by atoms with van der Waals surface area (Å²) in [6.45, 7) is 3.89. The van der Waals surface area contributed by atoms with Crippen LogP contribution < -0.4 is 9.64 Å². The van der Waals surface area contributed by atoms with Crippen LogP contribution in [0, 0.1) is 0 Å². The molecule has 4 rings (SSSR count). The molecule has 0 N–H and O–H groups in total. The zero-order chi connectivity index (χ0) is 22.0. The number of thioether (sulfide) groups is 1. The summed E-state index contributed by atoms with van der Waals surface area (Å²) in [5, 5.41) is 0.335. The molecule has 0 spiro atoms. The van der Waals surface area contributed by atoms with Gasteiger partial charge in [0.1, 0.15) is 11.5 Å². The lowest BCUT2D eigenvalue weighted by Gasteiger charge is -2.16. The van der Waals surface area contributed by atoms with E-state index in [-0.39, 0.29) is 6.10 Å². The number of halogens is 1. The first-order valence-electron chi connectivity index (χ1n) is 9.75. The maximum absolute atomic E-state index is 13.4. The Hall–Kier alpha value is -2.96. The van der Waals surface area contributed by atoms with Crippen molar-refractivity contribution in [2.24, 2.45) is 0 Å². The minimum absolute atomic E-state index is 0.0369. The monoisotopic (exact) mass is 453 g/mol. The molecule has 2 heterocycles. The Bertz CT molecular complexity index is 1140. The van der Waals surface area contributed by atoms with Crippen LogP contribution in [0.15, 0.2) is 76.2 Å². The van der Waals surface area contributed by atoms with Gasteiger partial charge in [-0.15, -0.1) is 11.8 Å². The Morgan fingerprint density at radius 1 is 1.00 bits per heavy atom. The first kappa shape index (κ1) is 21.3. The lowest BCUT2D eigenvalue weighted by molar-refractivity contribution is -0.119. The molecule has 2 aromatic carbocycles. The first-order chi connectivity index (χ1) is 15.0. The number of furan rings is 1. The number of anilines is 1. The maximum atomic E-state index is 13.4.